The van der Waals surface area contributed by atoms with Crippen LogP contribution in [-0.4, -0.2) is 27.1 Å². The van der Waals surface area contributed by atoms with Gasteiger partial charge in [-0.15, -0.1) is 10.2 Å². The minimum absolute atomic E-state index is 0.205. The quantitative estimate of drug-likeness (QED) is 0.334. The lowest BCUT2D eigenvalue weighted by Crippen LogP contribution is -2.09. The van der Waals surface area contributed by atoms with Gasteiger partial charge in [0.1, 0.15) is 18.1 Å². The summed E-state index contributed by atoms with van der Waals surface area (Å²) in [5.74, 6) is 2.06. The molecular weight excluding hydrogens is 420 g/mol. The Morgan fingerprint density at radius 2 is 1.62 bits per heavy atom. The van der Waals surface area contributed by atoms with Crippen molar-refractivity contribution in [3.63, 3.8) is 0 Å². The molecule has 1 heterocycles. The van der Waals surface area contributed by atoms with E-state index in [1.165, 1.54) is 11.8 Å². The molecule has 1 aromatic heterocycles. The molecule has 4 aromatic rings. The molecule has 1 atom stereocenters. The molecule has 0 saturated carbocycles. The normalized spacial score (nSPS) is 11.5. The number of para-hydroxylation sites is 3. The standard InChI is InChI=1S/C25H22N4O2S/c1-18(16-26)32-25-28-27-24(29(25)21-13-7-9-15-23(21)30-2)17-31-22-14-8-6-12-20(22)19-10-4-3-5-11-19/h3-15,18H,17H2,1-2H3. The first-order chi connectivity index (χ1) is 15.7. The topological polar surface area (TPSA) is 73.0 Å². The summed E-state index contributed by atoms with van der Waals surface area (Å²) in [7, 11) is 1.63. The number of hydrogen-bond donors (Lipinski definition) is 0. The number of hydrogen-bond acceptors (Lipinski definition) is 6. The van der Waals surface area contributed by atoms with E-state index in [9.17, 15) is 5.26 Å². The Morgan fingerprint density at radius 1 is 0.938 bits per heavy atom. The Hall–Kier alpha value is -3.76. The molecule has 3 aromatic carbocycles. The molecular formula is C25H22N4O2S. The van der Waals surface area contributed by atoms with Gasteiger partial charge in [-0.3, -0.25) is 4.57 Å². The lowest BCUT2D eigenvalue weighted by atomic mass is 10.1. The Balaban J connectivity index is 1.69. The zero-order valence-corrected chi connectivity index (χ0v) is 18.6. The van der Waals surface area contributed by atoms with E-state index in [2.05, 4.69) is 28.4 Å². The van der Waals surface area contributed by atoms with Crippen molar-refractivity contribution < 1.29 is 9.47 Å². The van der Waals surface area contributed by atoms with Gasteiger partial charge >= 0.3 is 0 Å². The summed E-state index contributed by atoms with van der Waals surface area (Å²) in [5, 5.41) is 18.3. The van der Waals surface area contributed by atoms with E-state index >= 15 is 0 Å². The van der Waals surface area contributed by atoms with Gasteiger partial charge in [0.15, 0.2) is 11.0 Å². The van der Waals surface area contributed by atoms with Crippen LogP contribution in [0.4, 0.5) is 0 Å². The monoisotopic (exact) mass is 442 g/mol. The van der Waals surface area contributed by atoms with Crippen LogP contribution in [0, 0.1) is 11.3 Å². The van der Waals surface area contributed by atoms with Crippen molar-refractivity contribution in [3.05, 3.63) is 84.7 Å². The average Bonchev–Trinajstić information content (AvgIpc) is 3.25. The second-order valence-corrected chi connectivity index (χ2v) is 8.25. The lowest BCUT2D eigenvalue weighted by Gasteiger charge is -2.15. The first-order valence-corrected chi connectivity index (χ1v) is 11.0. The second kappa shape index (κ2) is 10.0. The van der Waals surface area contributed by atoms with E-state index in [0.29, 0.717) is 16.7 Å². The number of ether oxygens (including phenoxy) is 2. The van der Waals surface area contributed by atoms with Gasteiger partial charge in [0.25, 0.3) is 0 Å². The summed E-state index contributed by atoms with van der Waals surface area (Å²) in [6.45, 7) is 2.04. The summed E-state index contributed by atoms with van der Waals surface area (Å²) in [6.07, 6.45) is 0. The van der Waals surface area contributed by atoms with Crippen molar-refractivity contribution in [3.8, 4) is 34.4 Å². The summed E-state index contributed by atoms with van der Waals surface area (Å²) in [6, 6.07) is 27.9. The van der Waals surface area contributed by atoms with Gasteiger partial charge in [-0.25, -0.2) is 0 Å². The molecule has 0 N–H and O–H groups in total. The summed E-state index contributed by atoms with van der Waals surface area (Å²) in [4.78, 5) is 0. The van der Waals surface area contributed by atoms with E-state index in [-0.39, 0.29) is 11.9 Å². The highest BCUT2D eigenvalue weighted by Crippen LogP contribution is 2.33. The van der Waals surface area contributed by atoms with Gasteiger partial charge in [-0.1, -0.05) is 72.4 Å². The molecule has 7 heteroatoms. The second-order valence-electron chi connectivity index (χ2n) is 6.95. The van der Waals surface area contributed by atoms with Crippen LogP contribution < -0.4 is 9.47 Å². The molecule has 6 nitrogen and oxygen atoms in total. The molecule has 0 aliphatic heterocycles. The van der Waals surface area contributed by atoms with Gasteiger partial charge < -0.3 is 9.47 Å². The minimum Gasteiger partial charge on any atom is -0.495 e. The highest BCUT2D eigenvalue weighted by molar-refractivity contribution is 8.00. The molecule has 0 spiro atoms. The first-order valence-electron chi connectivity index (χ1n) is 10.1. The van der Waals surface area contributed by atoms with Gasteiger partial charge in [-0.2, -0.15) is 5.26 Å². The van der Waals surface area contributed by atoms with Crippen LogP contribution in [0.3, 0.4) is 0 Å². The van der Waals surface area contributed by atoms with E-state index < -0.39 is 0 Å². The van der Waals surface area contributed by atoms with Gasteiger partial charge in [0, 0.05) is 5.56 Å². The molecule has 32 heavy (non-hydrogen) atoms. The molecule has 0 aliphatic carbocycles. The summed E-state index contributed by atoms with van der Waals surface area (Å²) < 4.78 is 13.7. The average molecular weight is 443 g/mol. The number of aromatic nitrogens is 3. The van der Waals surface area contributed by atoms with Crippen molar-refractivity contribution in [1.29, 1.82) is 5.26 Å². The molecule has 0 aliphatic rings. The fourth-order valence-corrected chi connectivity index (χ4v) is 4.07. The maximum Gasteiger partial charge on any atom is 0.197 e. The SMILES string of the molecule is COc1ccccc1-n1c(COc2ccccc2-c2ccccc2)nnc1SC(C)C#N. The number of thioether (sulfide) groups is 1. The third kappa shape index (κ3) is 4.61. The zero-order valence-electron chi connectivity index (χ0n) is 17.8. The van der Waals surface area contributed by atoms with Gasteiger partial charge in [0.05, 0.1) is 24.1 Å². The molecule has 0 saturated heterocycles. The predicted octanol–water partition coefficient (Wildman–Crippen LogP) is 5.53. The Morgan fingerprint density at radius 3 is 2.38 bits per heavy atom. The Bertz CT molecular complexity index is 1230. The number of benzene rings is 3. The van der Waals surface area contributed by atoms with Crippen LogP contribution in [0.1, 0.15) is 12.7 Å². The molecule has 1 unspecified atom stereocenters. The van der Waals surface area contributed by atoms with Crippen molar-refractivity contribution in [2.75, 3.05) is 7.11 Å². The molecule has 160 valence electrons. The van der Waals surface area contributed by atoms with E-state index in [1.807, 2.05) is 78.2 Å². The van der Waals surface area contributed by atoms with Crippen LogP contribution >= 0.6 is 11.8 Å². The third-order valence-corrected chi connectivity index (χ3v) is 5.75. The predicted molar refractivity (Wildman–Crippen MR) is 125 cm³/mol. The highest BCUT2D eigenvalue weighted by Gasteiger charge is 2.20. The zero-order chi connectivity index (χ0) is 22.3. The number of nitrogens with zero attached hydrogens (tertiary/aromatic N) is 4. The first kappa shape index (κ1) is 21.5. The van der Waals surface area contributed by atoms with Crippen molar-refractivity contribution >= 4 is 11.8 Å². The lowest BCUT2D eigenvalue weighted by molar-refractivity contribution is 0.293. The van der Waals surface area contributed by atoms with Crippen LogP contribution in [0.25, 0.3) is 16.8 Å². The largest absolute Gasteiger partial charge is 0.495 e. The molecule has 4 rings (SSSR count). The van der Waals surface area contributed by atoms with E-state index in [0.717, 1.165) is 22.6 Å². The smallest absolute Gasteiger partial charge is 0.197 e. The molecule has 0 radical (unpaired) electrons. The molecule has 0 fully saturated rings. The van der Waals surface area contributed by atoms with Crippen LogP contribution in [0.2, 0.25) is 0 Å². The Labute approximate surface area is 191 Å². The summed E-state index contributed by atoms with van der Waals surface area (Å²) >= 11 is 1.34. The third-order valence-electron chi connectivity index (χ3n) is 4.82. The number of nitriles is 1. The molecule has 0 amide bonds. The molecule has 0 bridgehead atoms. The van der Waals surface area contributed by atoms with Crippen molar-refractivity contribution in [1.82, 2.24) is 14.8 Å². The van der Waals surface area contributed by atoms with Crippen LogP contribution in [0.5, 0.6) is 11.5 Å². The summed E-state index contributed by atoms with van der Waals surface area (Å²) in [5.41, 5.74) is 2.88. The van der Waals surface area contributed by atoms with Crippen molar-refractivity contribution in [2.24, 2.45) is 0 Å². The fourth-order valence-electron chi connectivity index (χ4n) is 3.30. The number of rotatable bonds is 8. The fraction of sp³-hybridized carbons (Fsp3) is 0.160. The van der Waals surface area contributed by atoms with E-state index in [4.69, 9.17) is 9.47 Å². The van der Waals surface area contributed by atoms with Gasteiger partial charge in [-0.05, 0) is 30.7 Å². The highest BCUT2D eigenvalue weighted by atomic mass is 32.2. The van der Waals surface area contributed by atoms with Crippen molar-refractivity contribution in [2.45, 2.75) is 23.9 Å². The maximum absolute atomic E-state index is 9.28. The Kier molecular flexibility index (Phi) is 6.73. The number of methoxy groups -OCH3 is 1. The maximum atomic E-state index is 9.28. The van der Waals surface area contributed by atoms with Crippen LogP contribution in [0.15, 0.2) is 84.0 Å². The van der Waals surface area contributed by atoms with Crippen LogP contribution in [-0.2, 0) is 6.61 Å². The van der Waals surface area contributed by atoms with E-state index in [1.54, 1.807) is 7.11 Å². The van der Waals surface area contributed by atoms with Gasteiger partial charge in [0.2, 0.25) is 0 Å². The minimum atomic E-state index is -0.278.